The zero-order valence-electron chi connectivity index (χ0n) is 11.2. The molecule has 0 radical (unpaired) electrons. The Hall–Kier alpha value is -2.50. The molecule has 0 bridgehead atoms. The molecular weight excluding hydrogens is 262 g/mol. The predicted molar refractivity (Wildman–Crippen MR) is 73.9 cm³/mol. The molecule has 106 valence electrons. The molecular formula is C14H15NO5. The fourth-order valence-corrected chi connectivity index (χ4v) is 1.91. The maximum absolute atomic E-state index is 11.9. The Bertz CT molecular complexity index is 705. The largest absolute Gasteiger partial charge is 0.490 e. The summed E-state index contributed by atoms with van der Waals surface area (Å²) in [5.74, 6) is -0.244. The maximum atomic E-state index is 11.9. The minimum Gasteiger partial charge on any atom is -0.490 e. The number of benzene rings is 1. The molecule has 1 aromatic carbocycles. The van der Waals surface area contributed by atoms with Crippen LogP contribution in [0, 0.1) is 0 Å². The van der Waals surface area contributed by atoms with E-state index >= 15 is 0 Å². The lowest BCUT2D eigenvalue weighted by atomic mass is 10.1. The van der Waals surface area contributed by atoms with E-state index < -0.39 is 5.97 Å². The second-order valence-electron chi connectivity index (χ2n) is 4.06. The molecule has 0 aliphatic heterocycles. The van der Waals surface area contributed by atoms with Gasteiger partial charge in [0, 0.05) is 17.5 Å². The molecule has 2 N–H and O–H groups in total. The molecule has 20 heavy (non-hydrogen) atoms. The topological polar surface area (TPSA) is 88.6 Å². The van der Waals surface area contributed by atoms with Gasteiger partial charge in [0.25, 0.3) is 0 Å². The van der Waals surface area contributed by atoms with Gasteiger partial charge >= 0.3 is 5.97 Å². The second kappa shape index (κ2) is 5.64. The predicted octanol–water partition coefficient (Wildman–Crippen LogP) is 2.02. The summed E-state index contributed by atoms with van der Waals surface area (Å²) in [6, 6.07) is 4.20. The Labute approximate surface area is 115 Å². The molecule has 2 aromatic rings. The highest BCUT2D eigenvalue weighted by Gasteiger charge is 2.12. The van der Waals surface area contributed by atoms with Crippen molar-refractivity contribution in [3.05, 3.63) is 34.1 Å². The number of aromatic carboxylic acids is 1. The number of H-pyrrole nitrogens is 1. The van der Waals surface area contributed by atoms with Gasteiger partial charge in [0.2, 0.25) is 0 Å². The molecule has 0 spiro atoms. The first-order chi connectivity index (χ1) is 9.56. The summed E-state index contributed by atoms with van der Waals surface area (Å²) in [5.41, 5.74) is -0.129. The smallest absolute Gasteiger partial charge is 0.352 e. The van der Waals surface area contributed by atoms with Crippen molar-refractivity contribution in [3.63, 3.8) is 0 Å². The van der Waals surface area contributed by atoms with E-state index in [-0.39, 0.29) is 11.1 Å². The summed E-state index contributed by atoms with van der Waals surface area (Å²) in [6.45, 7) is 4.54. The number of ether oxygens (including phenoxy) is 2. The van der Waals surface area contributed by atoms with Crippen LogP contribution in [0.3, 0.4) is 0 Å². The summed E-state index contributed by atoms with van der Waals surface area (Å²) in [5, 5.41) is 9.32. The molecule has 0 unspecified atom stereocenters. The fourth-order valence-electron chi connectivity index (χ4n) is 1.91. The number of hydrogen-bond acceptors (Lipinski definition) is 4. The van der Waals surface area contributed by atoms with Crippen LogP contribution in [0.1, 0.15) is 24.3 Å². The van der Waals surface area contributed by atoms with Gasteiger partial charge in [0.15, 0.2) is 16.9 Å². The van der Waals surface area contributed by atoms with Crippen molar-refractivity contribution < 1.29 is 19.4 Å². The summed E-state index contributed by atoms with van der Waals surface area (Å²) in [4.78, 5) is 25.6. The van der Waals surface area contributed by atoms with Crippen LogP contribution < -0.4 is 14.9 Å². The highest BCUT2D eigenvalue weighted by atomic mass is 16.5. The summed E-state index contributed by atoms with van der Waals surface area (Å²) >= 11 is 0. The van der Waals surface area contributed by atoms with Crippen LogP contribution in [-0.2, 0) is 0 Å². The minimum atomic E-state index is -1.18. The first-order valence-electron chi connectivity index (χ1n) is 6.26. The average molecular weight is 277 g/mol. The zero-order valence-corrected chi connectivity index (χ0v) is 11.2. The van der Waals surface area contributed by atoms with E-state index in [4.69, 9.17) is 14.6 Å². The zero-order chi connectivity index (χ0) is 14.7. The molecule has 6 heteroatoms. The van der Waals surface area contributed by atoms with Crippen LogP contribution in [-0.4, -0.2) is 29.3 Å². The molecule has 1 aromatic heterocycles. The molecule has 0 saturated heterocycles. The fraction of sp³-hybridized carbons (Fsp3) is 0.286. The summed E-state index contributed by atoms with van der Waals surface area (Å²) in [6.07, 6.45) is 0. The lowest BCUT2D eigenvalue weighted by Gasteiger charge is -2.12. The lowest BCUT2D eigenvalue weighted by Crippen LogP contribution is -2.10. The molecule has 0 aliphatic carbocycles. The van der Waals surface area contributed by atoms with Gasteiger partial charge in [-0.1, -0.05) is 0 Å². The molecule has 0 aliphatic rings. The van der Waals surface area contributed by atoms with Crippen LogP contribution in [0.4, 0.5) is 0 Å². The standard InChI is InChI=1S/C14H15NO5/c1-3-19-12-5-8-9(7-13(12)20-4-2)15-10(14(17)18)6-11(8)16/h5-7H,3-4H2,1-2H3,(H,15,16)(H,17,18). The number of hydrogen-bond donors (Lipinski definition) is 2. The van der Waals surface area contributed by atoms with E-state index in [0.29, 0.717) is 35.6 Å². The van der Waals surface area contributed by atoms with E-state index in [9.17, 15) is 9.59 Å². The average Bonchev–Trinajstić information content (AvgIpc) is 2.40. The number of rotatable bonds is 5. The Morgan fingerprint density at radius 3 is 2.30 bits per heavy atom. The number of fused-ring (bicyclic) bond motifs is 1. The molecule has 0 amide bonds. The van der Waals surface area contributed by atoms with Gasteiger partial charge in [-0.15, -0.1) is 0 Å². The van der Waals surface area contributed by atoms with Crippen molar-refractivity contribution in [2.45, 2.75) is 13.8 Å². The third kappa shape index (κ3) is 2.59. The van der Waals surface area contributed by atoms with Gasteiger partial charge in [-0.3, -0.25) is 4.79 Å². The third-order valence-electron chi connectivity index (χ3n) is 2.72. The monoisotopic (exact) mass is 277 g/mol. The van der Waals surface area contributed by atoms with Gasteiger partial charge in [0.1, 0.15) is 5.69 Å². The number of nitrogens with one attached hydrogen (secondary N) is 1. The Morgan fingerprint density at radius 2 is 1.75 bits per heavy atom. The number of carboxylic acid groups (broad SMARTS) is 1. The van der Waals surface area contributed by atoms with E-state index in [1.54, 1.807) is 12.1 Å². The third-order valence-corrected chi connectivity index (χ3v) is 2.72. The van der Waals surface area contributed by atoms with Crippen LogP contribution in [0.2, 0.25) is 0 Å². The minimum absolute atomic E-state index is 0.158. The molecule has 0 fully saturated rings. The first kappa shape index (κ1) is 13.9. The van der Waals surface area contributed by atoms with E-state index in [1.807, 2.05) is 13.8 Å². The van der Waals surface area contributed by atoms with E-state index in [2.05, 4.69) is 4.98 Å². The van der Waals surface area contributed by atoms with Gasteiger partial charge in [-0.05, 0) is 19.9 Å². The van der Waals surface area contributed by atoms with Crippen molar-refractivity contribution in [2.24, 2.45) is 0 Å². The van der Waals surface area contributed by atoms with Crippen molar-refractivity contribution in [1.29, 1.82) is 0 Å². The normalized spacial score (nSPS) is 10.5. The Kier molecular flexibility index (Phi) is 3.93. The van der Waals surface area contributed by atoms with E-state index in [0.717, 1.165) is 6.07 Å². The number of carboxylic acids is 1. The molecule has 0 atom stereocenters. The maximum Gasteiger partial charge on any atom is 0.352 e. The van der Waals surface area contributed by atoms with E-state index in [1.165, 1.54) is 0 Å². The quantitative estimate of drug-likeness (QED) is 0.872. The van der Waals surface area contributed by atoms with Crippen LogP contribution in [0.5, 0.6) is 11.5 Å². The first-order valence-corrected chi connectivity index (χ1v) is 6.26. The van der Waals surface area contributed by atoms with Crippen LogP contribution in [0.25, 0.3) is 10.9 Å². The van der Waals surface area contributed by atoms with Gasteiger partial charge in [-0.25, -0.2) is 4.79 Å². The summed E-state index contributed by atoms with van der Waals surface area (Å²) in [7, 11) is 0. The molecule has 6 nitrogen and oxygen atoms in total. The SMILES string of the molecule is CCOc1cc2[nH]c(C(=O)O)cc(=O)c2cc1OCC. The Balaban J connectivity index is 2.69. The van der Waals surface area contributed by atoms with Crippen molar-refractivity contribution in [1.82, 2.24) is 4.98 Å². The lowest BCUT2D eigenvalue weighted by molar-refractivity contribution is 0.0691. The highest BCUT2D eigenvalue weighted by Crippen LogP contribution is 2.30. The second-order valence-corrected chi connectivity index (χ2v) is 4.06. The number of carbonyl (C=O) groups is 1. The van der Waals surface area contributed by atoms with Crippen molar-refractivity contribution in [3.8, 4) is 11.5 Å². The molecule has 1 heterocycles. The van der Waals surface area contributed by atoms with Gasteiger partial charge < -0.3 is 19.6 Å². The molecule has 2 rings (SSSR count). The van der Waals surface area contributed by atoms with Gasteiger partial charge in [-0.2, -0.15) is 0 Å². The number of aromatic nitrogens is 1. The van der Waals surface area contributed by atoms with Gasteiger partial charge in [0.05, 0.1) is 18.7 Å². The number of pyridine rings is 1. The number of aromatic amines is 1. The molecule has 0 saturated carbocycles. The highest BCUT2D eigenvalue weighted by molar-refractivity contribution is 5.90. The van der Waals surface area contributed by atoms with Crippen LogP contribution >= 0.6 is 0 Å². The Morgan fingerprint density at radius 1 is 1.15 bits per heavy atom. The van der Waals surface area contributed by atoms with Crippen molar-refractivity contribution >= 4 is 16.9 Å². The van der Waals surface area contributed by atoms with Crippen LogP contribution in [0.15, 0.2) is 23.0 Å². The summed E-state index contributed by atoms with van der Waals surface area (Å²) < 4.78 is 10.9. The van der Waals surface area contributed by atoms with Crippen molar-refractivity contribution in [2.75, 3.05) is 13.2 Å².